The predicted octanol–water partition coefficient (Wildman–Crippen LogP) is 2.61. The zero-order valence-corrected chi connectivity index (χ0v) is 17.0. The van der Waals surface area contributed by atoms with Gasteiger partial charge in [0, 0.05) is 33.9 Å². The molecule has 0 aromatic carbocycles. The lowest BCUT2D eigenvalue weighted by atomic mass is 10.1. The smallest absolute Gasteiger partial charge is 0.407 e. The van der Waals surface area contributed by atoms with Gasteiger partial charge in [-0.2, -0.15) is 0 Å². The molecule has 0 atom stereocenters. The number of hydroxylamine groups is 2. The van der Waals surface area contributed by atoms with Gasteiger partial charge in [-0.3, -0.25) is 9.59 Å². The molecule has 9 heteroatoms. The van der Waals surface area contributed by atoms with Gasteiger partial charge in [0.05, 0.1) is 6.61 Å². The van der Waals surface area contributed by atoms with Gasteiger partial charge in [-0.25, -0.2) is 9.59 Å². The molecule has 1 heterocycles. The first-order valence-corrected chi connectivity index (χ1v) is 12.9. The van der Waals surface area contributed by atoms with Gasteiger partial charge in [-0.1, -0.05) is 32.5 Å². The van der Waals surface area contributed by atoms with Crippen molar-refractivity contribution >= 4 is 32.0 Å². The monoisotopic (exact) mass is 386 g/mol. The third-order valence-corrected chi connectivity index (χ3v) is 5.57. The first-order chi connectivity index (χ1) is 12.2. The van der Waals surface area contributed by atoms with E-state index in [9.17, 15) is 19.2 Å². The molecule has 8 nitrogen and oxygen atoms in total. The Kier molecular flexibility index (Phi) is 9.32. The molecular weight excluding hydrogens is 356 g/mol. The minimum absolute atomic E-state index is 0.0969. The number of hydrogen-bond acceptors (Lipinski definition) is 6. The average Bonchev–Trinajstić information content (AvgIpc) is 2.84. The maximum atomic E-state index is 11.6. The number of nitrogens with one attached hydrogen (secondary N) is 1. The quantitative estimate of drug-likeness (QED) is 0.333. The number of hydrogen-bond donors (Lipinski definition) is 1. The zero-order chi connectivity index (χ0) is 19.6. The van der Waals surface area contributed by atoms with Crippen LogP contribution in [0.5, 0.6) is 0 Å². The summed E-state index contributed by atoms with van der Waals surface area (Å²) in [5.41, 5.74) is 0. The molecule has 0 aromatic rings. The molecule has 1 aliphatic heterocycles. The number of carbonyl (C=O) groups excluding carboxylic acids is 4. The third-order valence-electron chi connectivity index (χ3n) is 3.86. The number of imide groups is 1. The molecular formula is C17H30N2O6Si. The summed E-state index contributed by atoms with van der Waals surface area (Å²) in [6.45, 7) is 7.68. The van der Waals surface area contributed by atoms with Crippen LogP contribution in [0.1, 0.15) is 44.9 Å². The summed E-state index contributed by atoms with van der Waals surface area (Å²) < 4.78 is 5.12. The highest BCUT2D eigenvalue weighted by atomic mass is 28.3. The van der Waals surface area contributed by atoms with Crippen molar-refractivity contribution in [3.8, 4) is 0 Å². The van der Waals surface area contributed by atoms with E-state index in [-0.39, 0.29) is 25.4 Å². The fourth-order valence-electron chi connectivity index (χ4n) is 2.24. The van der Waals surface area contributed by atoms with Crippen LogP contribution in [-0.4, -0.2) is 50.2 Å². The van der Waals surface area contributed by atoms with Crippen LogP contribution in [-0.2, 0) is 24.0 Å². The largest absolute Gasteiger partial charge is 0.450 e. The second-order valence-electron chi connectivity index (χ2n) is 7.58. The summed E-state index contributed by atoms with van der Waals surface area (Å²) in [6, 6.07) is 0.950. The Bertz CT molecular complexity index is 502. The van der Waals surface area contributed by atoms with E-state index < -0.39 is 25.9 Å². The van der Waals surface area contributed by atoms with Crippen molar-refractivity contribution in [2.45, 2.75) is 70.6 Å². The van der Waals surface area contributed by atoms with Crippen LogP contribution >= 0.6 is 0 Å². The molecule has 0 spiro atoms. The van der Waals surface area contributed by atoms with Gasteiger partial charge in [0.1, 0.15) is 0 Å². The summed E-state index contributed by atoms with van der Waals surface area (Å²) in [6.07, 6.45) is 3.01. The van der Waals surface area contributed by atoms with Crippen LogP contribution in [0.15, 0.2) is 0 Å². The standard InChI is InChI=1S/C17H30N2O6Si/c1-26(2,3)13-12-24-17(23)18-11-7-5-4-6-8-16(22)25-19-14(20)9-10-15(19)21/h4-13H2,1-3H3,(H,18,23). The second-order valence-corrected chi connectivity index (χ2v) is 13.2. The molecule has 0 saturated carbocycles. The van der Waals surface area contributed by atoms with E-state index in [1.807, 2.05) is 0 Å². The van der Waals surface area contributed by atoms with E-state index >= 15 is 0 Å². The third kappa shape index (κ3) is 9.55. The van der Waals surface area contributed by atoms with E-state index in [0.29, 0.717) is 24.6 Å². The summed E-state index contributed by atoms with van der Waals surface area (Å²) in [5.74, 6) is -1.50. The van der Waals surface area contributed by atoms with Crippen molar-refractivity contribution in [2.75, 3.05) is 13.2 Å². The first kappa shape index (κ1) is 22.1. The number of nitrogens with zero attached hydrogens (tertiary/aromatic N) is 1. The molecule has 0 aliphatic carbocycles. The van der Waals surface area contributed by atoms with Crippen molar-refractivity contribution in [1.29, 1.82) is 0 Å². The number of amides is 3. The highest BCUT2D eigenvalue weighted by Gasteiger charge is 2.32. The Morgan fingerprint density at radius 2 is 1.65 bits per heavy atom. The van der Waals surface area contributed by atoms with E-state index in [1.165, 1.54) is 0 Å². The fraction of sp³-hybridized carbons (Fsp3) is 0.765. The number of alkyl carbamates (subject to hydrolysis) is 1. The predicted molar refractivity (Wildman–Crippen MR) is 97.8 cm³/mol. The van der Waals surface area contributed by atoms with E-state index in [0.717, 1.165) is 25.3 Å². The normalized spacial score (nSPS) is 14.5. The van der Waals surface area contributed by atoms with E-state index in [2.05, 4.69) is 25.0 Å². The van der Waals surface area contributed by atoms with Gasteiger partial charge in [0.25, 0.3) is 11.8 Å². The van der Waals surface area contributed by atoms with Gasteiger partial charge in [-0.05, 0) is 18.9 Å². The van der Waals surface area contributed by atoms with Crippen molar-refractivity contribution < 1.29 is 28.8 Å². The van der Waals surface area contributed by atoms with E-state index in [1.54, 1.807) is 0 Å². The number of unbranched alkanes of at least 4 members (excludes halogenated alkanes) is 3. The molecule has 1 aliphatic rings. The maximum absolute atomic E-state index is 11.6. The first-order valence-electron chi connectivity index (χ1n) is 9.16. The fourth-order valence-corrected chi connectivity index (χ4v) is 2.96. The molecule has 0 aromatic heterocycles. The van der Waals surface area contributed by atoms with Crippen molar-refractivity contribution in [2.24, 2.45) is 0 Å². The molecule has 0 unspecified atom stereocenters. The summed E-state index contributed by atoms with van der Waals surface area (Å²) in [5, 5.41) is 3.28. The van der Waals surface area contributed by atoms with E-state index in [4.69, 9.17) is 9.57 Å². The Morgan fingerprint density at radius 3 is 2.27 bits per heavy atom. The van der Waals surface area contributed by atoms with Crippen LogP contribution < -0.4 is 5.32 Å². The van der Waals surface area contributed by atoms with Gasteiger partial charge in [0.2, 0.25) is 0 Å². The lowest BCUT2D eigenvalue weighted by Crippen LogP contribution is -2.31. The molecule has 1 rings (SSSR count). The molecule has 1 fully saturated rings. The van der Waals surface area contributed by atoms with Crippen LogP contribution in [0.2, 0.25) is 25.7 Å². The van der Waals surface area contributed by atoms with Crippen molar-refractivity contribution in [3.63, 3.8) is 0 Å². The maximum Gasteiger partial charge on any atom is 0.407 e. The molecule has 148 valence electrons. The highest BCUT2D eigenvalue weighted by Crippen LogP contribution is 2.13. The Morgan fingerprint density at radius 1 is 1.04 bits per heavy atom. The van der Waals surface area contributed by atoms with Crippen LogP contribution in [0, 0.1) is 0 Å². The molecule has 0 radical (unpaired) electrons. The van der Waals surface area contributed by atoms with Crippen LogP contribution in [0.25, 0.3) is 0 Å². The summed E-state index contributed by atoms with van der Waals surface area (Å²) in [4.78, 5) is 50.5. The number of ether oxygens (including phenoxy) is 1. The van der Waals surface area contributed by atoms with Crippen LogP contribution in [0.3, 0.4) is 0 Å². The van der Waals surface area contributed by atoms with Gasteiger partial charge >= 0.3 is 12.1 Å². The molecule has 1 saturated heterocycles. The number of carbonyl (C=O) groups is 4. The Hall–Kier alpha value is -1.90. The minimum atomic E-state index is -1.19. The molecule has 1 N–H and O–H groups in total. The summed E-state index contributed by atoms with van der Waals surface area (Å²) >= 11 is 0. The highest BCUT2D eigenvalue weighted by molar-refractivity contribution is 6.76. The SMILES string of the molecule is C[Si](C)(C)CCOC(=O)NCCCCCCC(=O)ON1C(=O)CCC1=O. The van der Waals surface area contributed by atoms with Gasteiger partial charge < -0.3 is 14.9 Å². The lowest BCUT2D eigenvalue weighted by molar-refractivity contribution is -0.197. The summed E-state index contributed by atoms with van der Waals surface area (Å²) in [7, 11) is -1.19. The number of rotatable bonds is 11. The molecule has 3 amide bonds. The minimum Gasteiger partial charge on any atom is -0.450 e. The Balaban J connectivity index is 1.97. The molecule has 0 bridgehead atoms. The topological polar surface area (TPSA) is 102 Å². The second kappa shape index (κ2) is 10.9. The van der Waals surface area contributed by atoms with Crippen molar-refractivity contribution in [1.82, 2.24) is 10.4 Å². The zero-order valence-electron chi connectivity index (χ0n) is 16.0. The van der Waals surface area contributed by atoms with Crippen molar-refractivity contribution in [3.05, 3.63) is 0 Å². The molecule has 26 heavy (non-hydrogen) atoms. The average molecular weight is 387 g/mol. The van der Waals surface area contributed by atoms with Crippen LogP contribution in [0.4, 0.5) is 4.79 Å². The van der Waals surface area contributed by atoms with Gasteiger partial charge in [0.15, 0.2) is 0 Å². The Labute approximate surface area is 155 Å². The lowest BCUT2D eigenvalue weighted by Gasteiger charge is -2.15. The van der Waals surface area contributed by atoms with Gasteiger partial charge in [-0.15, -0.1) is 5.06 Å².